The molecule has 1 saturated heterocycles. The monoisotopic (exact) mass is 330 g/mol. The van der Waals surface area contributed by atoms with Crippen molar-refractivity contribution in [2.75, 3.05) is 19.8 Å². The molecule has 0 spiro atoms. The Balaban J connectivity index is 0.00000104. The van der Waals surface area contributed by atoms with Crippen LogP contribution in [0, 0.1) is 0 Å². The van der Waals surface area contributed by atoms with Crippen LogP contribution in [-0.4, -0.2) is 36.9 Å². The van der Waals surface area contributed by atoms with Crippen LogP contribution in [0.1, 0.15) is 64.2 Å². The minimum Gasteiger partial charge on any atom is -0.481 e. The average molecular weight is 330 g/mol. The van der Waals surface area contributed by atoms with E-state index in [0.29, 0.717) is 13.0 Å². The summed E-state index contributed by atoms with van der Waals surface area (Å²) in [7, 11) is 0. The quantitative estimate of drug-likeness (QED) is 0.240. The Kier molecular flexibility index (Phi) is 15.9. The maximum absolute atomic E-state index is 11.1. The van der Waals surface area contributed by atoms with Gasteiger partial charge in [0.25, 0.3) is 0 Å². The van der Waals surface area contributed by atoms with Crippen molar-refractivity contribution in [1.29, 1.82) is 0 Å². The molecule has 1 aliphatic heterocycles. The molecule has 0 aliphatic carbocycles. The maximum atomic E-state index is 11.1. The molecule has 6 nitrogen and oxygen atoms in total. The highest BCUT2D eigenvalue weighted by molar-refractivity contribution is 5.69. The Hall–Kier alpha value is -1.40. The van der Waals surface area contributed by atoms with Crippen LogP contribution in [0.3, 0.4) is 0 Å². The van der Waals surface area contributed by atoms with Crippen LogP contribution in [0.5, 0.6) is 0 Å². The molecule has 1 N–H and O–H groups in total. The van der Waals surface area contributed by atoms with Crippen molar-refractivity contribution in [2.24, 2.45) is 0 Å². The molecule has 1 fully saturated rings. The van der Waals surface area contributed by atoms with Gasteiger partial charge in [-0.05, 0) is 12.8 Å². The minimum atomic E-state index is -0.705. The molecule has 6 heteroatoms. The lowest BCUT2D eigenvalue weighted by Crippen LogP contribution is -2.14. The van der Waals surface area contributed by atoms with E-state index in [2.05, 4.69) is 16.4 Å². The predicted molar refractivity (Wildman–Crippen MR) is 86.9 cm³/mol. The largest absolute Gasteiger partial charge is 0.481 e. The van der Waals surface area contributed by atoms with Crippen LogP contribution in [0.4, 0.5) is 0 Å². The normalized spacial score (nSPS) is 12.5. The van der Waals surface area contributed by atoms with Crippen molar-refractivity contribution in [3.05, 3.63) is 12.7 Å². The molecule has 0 radical (unpaired) electrons. The summed E-state index contributed by atoms with van der Waals surface area (Å²) in [4.78, 5) is 29.9. The van der Waals surface area contributed by atoms with Crippen LogP contribution in [0.25, 0.3) is 0 Å². The molecular formula is C17H30O6. The number of hydrogen-bond donors (Lipinski definition) is 1. The number of ether oxygens (including phenoxy) is 1. The number of aliphatic carboxylic acids is 1. The fourth-order valence-electron chi connectivity index (χ4n) is 1.91. The van der Waals surface area contributed by atoms with Crippen LogP contribution < -0.4 is 0 Å². The van der Waals surface area contributed by atoms with Gasteiger partial charge in [-0.3, -0.25) is 9.59 Å². The van der Waals surface area contributed by atoms with Gasteiger partial charge in [-0.2, -0.15) is 0 Å². The Morgan fingerprint density at radius 2 is 1.35 bits per heavy atom. The topological polar surface area (TPSA) is 82.1 Å². The minimum absolute atomic E-state index is 0.145. The average Bonchev–Trinajstić information content (AvgIpc) is 2.45. The van der Waals surface area contributed by atoms with Gasteiger partial charge in [0.15, 0.2) is 0 Å². The molecule has 0 amide bonds. The number of carbonyl (C=O) groups is 2. The molecule has 1 heterocycles. The van der Waals surface area contributed by atoms with E-state index in [9.17, 15) is 9.59 Å². The van der Waals surface area contributed by atoms with E-state index >= 15 is 0 Å². The third-order valence-corrected chi connectivity index (χ3v) is 3.22. The van der Waals surface area contributed by atoms with E-state index < -0.39 is 5.97 Å². The van der Waals surface area contributed by atoms with Gasteiger partial charge in [-0.15, -0.1) is 0 Å². The lowest BCUT2D eigenvalue weighted by molar-refractivity contribution is -0.382. The maximum Gasteiger partial charge on any atom is 0.306 e. The van der Waals surface area contributed by atoms with Crippen LogP contribution >= 0.6 is 0 Å². The molecule has 0 aromatic carbocycles. The van der Waals surface area contributed by atoms with E-state index in [0.717, 1.165) is 64.6 Å². The highest BCUT2D eigenvalue weighted by Gasteiger charge is 2.01. The lowest BCUT2D eigenvalue weighted by atomic mass is 10.1. The fraction of sp³-hybridized carbons (Fsp3) is 0.765. The van der Waals surface area contributed by atoms with E-state index in [-0.39, 0.29) is 12.4 Å². The third-order valence-electron chi connectivity index (χ3n) is 3.22. The zero-order chi connectivity index (χ0) is 17.2. The van der Waals surface area contributed by atoms with Gasteiger partial charge in [0, 0.05) is 12.8 Å². The van der Waals surface area contributed by atoms with Crippen LogP contribution in [-0.2, 0) is 24.1 Å². The van der Waals surface area contributed by atoms with Gasteiger partial charge < -0.3 is 9.84 Å². The molecule has 0 unspecified atom stereocenters. The number of rotatable bonds is 13. The summed E-state index contributed by atoms with van der Waals surface area (Å²) >= 11 is 0. The molecule has 1 rings (SSSR count). The first-order chi connectivity index (χ1) is 11.2. The summed E-state index contributed by atoms with van der Waals surface area (Å²) in [5.41, 5.74) is 0. The van der Waals surface area contributed by atoms with Gasteiger partial charge in [0.05, 0.1) is 0 Å². The number of unbranched alkanes of at least 4 members (excludes halogenated alkanes) is 7. The van der Waals surface area contributed by atoms with Crippen molar-refractivity contribution in [1.82, 2.24) is 0 Å². The molecular weight excluding hydrogens is 300 g/mol. The molecule has 23 heavy (non-hydrogen) atoms. The highest BCUT2D eigenvalue weighted by atomic mass is 17.2. The van der Waals surface area contributed by atoms with Crippen molar-refractivity contribution in [2.45, 2.75) is 64.2 Å². The Bertz CT molecular complexity index is 308. The number of hydrogen-bond acceptors (Lipinski definition) is 5. The van der Waals surface area contributed by atoms with Gasteiger partial charge in [0.1, 0.15) is 19.8 Å². The molecule has 0 atom stereocenters. The van der Waals surface area contributed by atoms with Crippen molar-refractivity contribution in [3.63, 3.8) is 0 Å². The number of carboxylic acids is 1. The zero-order valence-electron chi connectivity index (χ0n) is 14.0. The SMILES string of the molecule is C1COO1.C=CCOC(=O)CCCCCCCCCCC(=O)O. The molecule has 0 saturated carbocycles. The smallest absolute Gasteiger partial charge is 0.306 e. The molecule has 0 bridgehead atoms. The van der Waals surface area contributed by atoms with E-state index in [1.807, 2.05) is 0 Å². The Morgan fingerprint density at radius 1 is 0.913 bits per heavy atom. The van der Waals surface area contributed by atoms with Gasteiger partial charge in [-0.25, -0.2) is 9.78 Å². The molecule has 0 aromatic heterocycles. The Labute approximate surface area is 138 Å². The first-order valence-electron chi connectivity index (χ1n) is 8.39. The van der Waals surface area contributed by atoms with Crippen molar-refractivity contribution in [3.8, 4) is 0 Å². The summed E-state index contributed by atoms with van der Waals surface area (Å²) in [6.45, 7) is 5.34. The zero-order valence-corrected chi connectivity index (χ0v) is 14.0. The third kappa shape index (κ3) is 18.6. The van der Waals surface area contributed by atoms with E-state index in [4.69, 9.17) is 9.84 Å². The van der Waals surface area contributed by atoms with Crippen LogP contribution in [0.2, 0.25) is 0 Å². The molecule has 134 valence electrons. The summed E-state index contributed by atoms with van der Waals surface area (Å²) in [6, 6.07) is 0. The summed E-state index contributed by atoms with van der Waals surface area (Å²) in [5, 5.41) is 8.47. The van der Waals surface area contributed by atoms with Gasteiger partial charge in [0.2, 0.25) is 0 Å². The van der Waals surface area contributed by atoms with E-state index in [1.54, 1.807) is 6.08 Å². The van der Waals surface area contributed by atoms with Crippen molar-refractivity contribution >= 4 is 11.9 Å². The lowest BCUT2D eigenvalue weighted by Gasteiger charge is -2.08. The first-order valence-corrected chi connectivity index (χ1v) is 8.39. The second-order valence-corrected chi connectivity index (χ2v) is 5.34. The molecule has 0 aromatic rings. The fourth-order valence-corrected chi connectivity index (χ4v) is 1.91. The summed E-state index contributed by atoms with van der Waals surface area (Å²) < 4.78 is 4.88. The van der Waals surface area contributed by atoms with Crippen molar-refractivity contribution < 1.29 is 29.2 Å². The van der Waals surface area contributed by atoms with E-state index in [1.165, 1.54) is 0 Å². The predicted octanol–water partition coefficient (Wildman–Crippen LogP) is 3.65. The second-order valence-electron chi connectivity index (χ2n) is 5.34. The standard InChI is InChI=1S/C15H26O4.C2H4O2/c1-2-13-19-15(18)12-10-8-6-4-3-5-7-9-11-14(16)17;1-2-4-3-1/h2H,1,3-13H2,(H,16,17);1-2H2. The first kappa shape index (κ1) is 21.6. The summed E-state index contributed by atoms with van der Waals surface area (Å²) in [5.74, 6) is -0.850. The number of carbonyl (C=O) groups excluding carboxylic acids is 1. The number of esters is 1. The molecule has 1 aliphatic rings. The summed E-state index contributed by atoms with van der Waals surface area (Å²) in [6.07, 6.45) is 10.6. The number of carboxylic acid groups (broad SMARTS) is 1. The second kappa shape index (κ2) is 17.0. The van der Waals surface area contributed by atoms with Gasteiger partial charge >= 0.3 is 11.9 Å². The van der Waals surface area contributed by atoms with Gasteiger partial charge in [-0.1, -0.05) is 51.2 Å². The Morgan fingerprint density at radius 3 is 1.74 bits per heavy atom. The van der Waals surface area contributed by atoms with Crippen LogP contribution in [0.15, 0.2) is 12.7 Å². The highest BCUT2D eigenvalue weighted by Crippen LogP contribution is 2.10.